The lowest BCUT2D eigenvalue weighted by molar-refractivity contribution is -0.384. The topological polar surface area (TPSA) is 72.4 Å². The van der Waals surface area contributed by atoms with Crippen molar-refractivity contribution in [3.05, 3.63) is 39.9 Å². The van der Waals surface area contributed by atoms with E-state index in [1.54, 1.807) is 12.1 Å². The van der Waals surface area contributed by atoms with E-state index in [-0.39, 0.29) is 10.6 Å². The average Bonchev–Trinajstić information content (AvgIpc) is 2.75. The van der Waals surface area contributed by atoms with E-state index >= 15 is 0 Å². The monoisotopic (exact) mass is 415 g/mol. The van der Waals surface area contributed by atoms with Gasteiger partial charge in [0.1, 0.15) is 0 Å². The summed E-state index contributed by atoms with van der Waals surface area (Å²) in [5.74, 6) is 2.47. The van der Waals surface area contributed by atoms with Gasteiger partial charge in [-0.05, 0) is 81.1 Å². The van der Waals surface area contributed by atoms with Crippen LogP contribution in [0.1, 0.15) is 83.6 Å². The highest BCUT2D eigenvalue weighted by Gasteiger charge is 2.29. The molecule has 1 aromatic rings. The van der Waals surface area contributed by atoms with E-state index in [2.05, 4.69) is 18.7 Å². The molecule has 2 saturated carbocycles. The molecule has 2 aliphatic rings. The van der Waals surface area contributed by atoms with Gasteiger partial charge in [-0.25, -0.2) is 0 Å². The Labute approximate surface area is 182 Å². The Balaban J connectivity index is 1.54. The predicted molar refractivity (Wildman–Crippen MR) is 123 cm³/mol. The predicted octanol–water partition coefficient (Wildman–Crippen LogP) is 5.91. The Kier molecular flexibility index (Phi) is 8.70. The average molecular weight is 416 g/mol. The number of rotatable bonds is 9. The molecular formula is C25H41N3O2. The van der Waals surface area contributed by atoms with E-state index in [4.69, 9.17) is 5.73 Å². The fraction of sp³-hybridized carbons (Fsp3) is 0.760. The zero-order chi connectivity index (χ0) is 21.5. The number of nitro groups is 1. The zero-order valence-electron chi connectivity index (χ0n) is 19.0. The first-order valence-corrected chi connectivity index (χ1v) is 12.2. The second-order valence-electron chi connectivity index (χ2n) is 10.1. The van der Waals surface area contributed by atoms with Crippen LogP contribution in [0.5, 0.6) is 0 Å². The molecule has 0 radical (unpaired) electrons. The molecular weight excluding hydrogens is 374 g/mol. The quantitative estimate of drug-likeness (QED) is 0.402. The standard InChI is InChI=1S/C25H41N3O2/c1-3-19(2)17-27(18-22-8-14-25(15-9-22)28(29)30)24-12-6-21(7-13-24)16-20-4-10-23(26)11-5-20/h8-9,14-15,19-21,23-24H,3-7,10-13,16-18,26H2,1-2H3. The van der Waals surface area contributed by atoms with Crippen LogP contribution in [0, 0.1) is 27.9 Å². The van der Waals surface area contributed by atoms with Gasteiger partial charge in [-0.1, -0.05) is 32.4 Å². The smallest absolute Gasteiger partial charge is 0.269 e. The summed E-state index contributed by atoms with van der Waals surface area (Å²) in [5, 5.41) is 10.9. The Bertz CT molecular complexity index is 647. The van der Waals surface area contributed by atoms with Crippen molar-refractivity contribution < 1.29 is 4.92 Å². The minimum absolute atomic E-state index is 0.177. The Morgan fingerprint density at radius 2 is 1.60 bits per heavy atom. The van der Waals surface area contributed by atoms with E-state index in [1.165, 1.54) is 69.8 Å². The number of hydrogen-bond acceptors (Lipinski definition) is 4. The summed E-state index contributed by atoms with van der Waals surface area (Å²) in [7, 11) is 0. The van der Waals surface area contributed by atoms with Crippen LogP contribution in [-0.2, 0) is 6.54 Å². The van der Waals surface area contributed by atoms with Gasteiger partial charge in [0.15, 0.2) is 0 Å². The number of nitrogens with two attached hydrogens (primary N) is 1. The summed E-state index contributed by atoms with van der Waals surface area (Å²) in [6, 6.07) is 8.24. The van der Waals surface area contributed by atoms with E-state index < -0.39 is 0 Å². The fourth-order valence-corrected chi connectivity index (χ4v) is 5.47. The second kappa shape index (κ2) is 11.2. The van der Waals surface area contributed by atoms with Gasteiger partial charge in [-0.2, -0.15) is 0 Å². The molecule has 0 aromatic heterocycles. The summed E-state index contributed by atoms with van der Waals surface area (Å²) in [5.41, 5.74) is 7.44. The van der Waals surface area contributed by atoms with Gasteiger partial charge in [-0.3, -0.25) is 15.0 Å². The number of non-ortho nitro benzene ring substituents is 1. The third-order valence-corrected chi connectivity index (χ3v) is 7.67. The minimum Gasteiger partial charge on any atom is -0.328 e. The molecule has 1 atom stereocenters. The summed E-state index contributed by atoms with van der Waals surface area (Å²) in [6.07, 6.45) is 13.0. The van der Waals surface area contributed by atoms with Crippen LogP contribution < -0.4 is 5.73 Å². The Morgan fingerprint density at radius 1 is 1.03 bits per heavy atom. The van der Waals surface area contributed by atoms with E-state index in [0.717, 1.165) is 24.9 Å². The molecule has 1 unspecified atom stereocenters. The first kappa shape index (κ1) is 23.2. The first-order valence-electron chi connectivity index (χ1n) is 12.2. The van der Waals surface area contributed by atoms with Crippen molar-refractivity contribution in [1.29, 1.82) is 0 Å². The lowest BCUT2D eigenvalue weighted by atomic mass is 9.75. The van der Waals surface area contributed by atoms with Crippen LogP contribution in [-0.4, -0.2) is 28.5 Å². The molecule has 5 heteroatoms. The number of hydrogen-bond donors (Lipinski definition) is 1. The van der Waals surface area contributed by atoms with Gasteiger partial charge < -0.3 is 5.73 Å². The number of benzene rings is 1. The van der Waals surface area contributed by atoms with E-state index in [1.807, 2.05) is 12.1 Å². The lowest BCUT2D eigenvalue weighted by Gasteiger charge is -2.39. The maximum Gasteiger partial charge on any atom is 0.269 e. The van der Waals surface area contributed by atoms with Crippen LogP contribution in [0.4, 0.5) is 5.69 Å². The highest BCUT2D eigenvalue weighted by Crippen LogP contribution is 2.36. The molecule has 2 N–H and O–H groups in total. The van der Waals surface area contributed by atoms with Crippen molar-refractivity contribution in [2.24, 2.45) is 23.5 Å². The van der Waals surface area contributed by atoms with Crippen molar-refractivity contribution in [2.45, 2.75) is 96.7 Å². The van der Waals surface area contributed by atoms with E-state index in [0.29, 0.717) is 18.0 Å². The molecule has 0 bridgehead atoms. The van der Waals surface area contributed by atoms with Crippen molar-refractivity contribution in [1.82, 2.24) is 4.90 Å². The molecule has 0 amide bonds. The van der Waals surface area contributed by atoms with Gasteiger partial charge in [-0.15, -0.1) is 0 Å². The SMILES string of the molecule is CCC(C)CN(Cc1ccc([N+](=O)[O-])cc1)C1CCC(CC2CCC(N)CC2)CC1. The van der Waals surface area contributed by atoms with Gasteiger partial charge in [0, 0.05) is 37.3 Å². The van der Waals surface area contributed by atoms with Gasteiger partial charge >= 0.3 is 0 Å². The Morgan fingerprint density at radius 3 is 2.13 bits per heavy atom. The van der Waals surface area contributed by atoms with Crippen molar-refractivity contribution in [3.63, 3.8) is 0 Å². The second-order valence-corrected chi connectivity index (χ2v) is 10.1. The third-order valence-electron chi connectivity index (χ3n) is 7.67. The third kappa shape index (κ3) is 6.78. The van der Waals surface area contributed by atoms with Gasteiger partial charge in [0.2, 0.25) is 0 Å². The number of nitro benzene ring substituents is 1. The highest BCUT2D eigenvalue weighted by atomic mass is 16.6. The summed E-state index contributed by atoms with van der Waals surface area (Å²) >= 11 is 0. The first-order chi connectivity index (χ1) is 14.4. The minimum atomic E-state index is -0.317. The molecule has 168 valence electrons. The van der Waals surface area contributed by atoms with Crippen LogP contribution in [0.3, 0.4) is 0 Å². The molecule has 2 fully saturated rings. The summed E-state index contributed by atoms with van der Waals surface area (Å²) in [6.45, 7) is 6.62. The Hall–Kier alpha value is -1.46. The fourth-order valence-electron chi connectivity index (χ4n) is 5.47. The molecule has 0 saturated heterocycles. The summed E-state index contributed by atoms with van der Waals surface area (Å²) < 4.78 is 0. The number of nitrogens with zero attached hydrogens (tertiary/aromatic N) is 2. The van der Waals surface area contributed by atoms with Crippen LogP contribution >= 0.6 is 0 Å². The van der Waals surface area contributed by atoms with Crippen LogP contribution in [0.25, 0.3) is 0 Å². The lowest BCUT2D eigenvalue weighted by Crippen LogP contribution is -2.40. The van der Waals surface area contributed by atoms with Gasteiger partial charge in [0.05, 0.1) is 4.92 Å². The van der Waals surface area contributed by atoms with Gasteiger partial charge in [0.25, 0.3) is 5.69 Å². The maximum absolute atomic E-state index is 10.9. The van der Waals surface area contributed by atoms with Crippen molar-refractivity contribution in [2.75, 3.05) is 6.54 Å². The van der Waals surface area contributed by atoms with Crippen molar-refractivity contribution in [3.8, 4) is 0 Å². The molecule has 5 nitrogen and oxygen atoms in total. The zero-order valence-corrected chi connectivity index (χ0v) is 19.0. The normalized spacial score (nSPS) is 28.4. The highest BCUT2D eigenvalue weighted by molar-refractivity contribution is 5.32. The molecule has 30 heavy (non-hydrogen) atoms. The van der Waals surface area contributed by atoms with Crippen molar-refractivity contribution >= 4 is 5.69 Å². The molecule has 0 heterocycles. The maximum atomic E-state index is 10.9. The summed E-state index contributed by atoms with van der Waals surface area (Å²) in [4.78, 5) is 13.3. The molecule has 3 rings (SSSR count). The largest absolute Gasteiger partial charge is 0.328 e. The molecule has 1 aromatic carbocycles. The molecule has 0 aliphatic heterocycles. The molecule has 0 spiro atoms. The molecule has 2 aliphatic carbocycles. The van der Waals surface area contributed by atoms with Crippen LogP contribution in [0.2, 0.25) is 0 Å². The van der Waals surface area contributed by atoms with Crippen LogP contribution in [0.15, 0.2) is 24.3 Å². The van der Waals surface area contributed by atoms with E-state index in [9.17, 15) is 10.1 Å².